The Morgan fingerprint density at radius 3 is 2.15 bits per heavy atom. The molecule has 6 heteroatoms. The first-order chi connectivity index (χ1) is 9.58. The lowest BCUT2D eigenvalue weighted by atomic mass is 9.74. The highest BCUT2D eigenvalue weighted by molar-refractivity contribution is 6.00. The van der Waals surface area contributed by atoms with Crippen molar-refractivity contribution in [1.29, 1.82) is 0 Å². The van der Waals surface area contributed by atoms with Crippen molar-refractivity contribution in [2.24, 2.45) is 5.41 Å². The fourth-order valence-electron chi connectivity index (χ4n) is 2.83. The molecule has 0 aromatic rings. The van der Waals surface area contributed by atoms with Gasteiger partial charge in [-0.25, -0.2) is 0 Å². The van der Waals surface area contributed by atoms with Crippen LogP contribution in [0, 0.1) is 5.41 Å². The van der Waals surface area contributed by atoms with E-state index < -0.39 is 23.3 Å². The Morgan fingerprint density at radius 1 is 1.00 bits per heavy atom. The van der Waals surface area contributed by atoms with Crippen molar-refractivity contribution in [3.8, 4) is 0 Å². The van der Waals surface area contributed by atoms with Gasteiger partial charge in [-0.15, -0.1) is 0 Å². The topological polar surface area (TPSA) is 71.1 Å². The second kappa shape index (κ2) is 6.10. The minimum Gasteiger partial charge on any atom is -0.455 e. The maximum Gasteiger partial charge on any atom is 0.365 e. The molecule has 0 bridgehead atoms. The quantitative estimate of drug-likeness (QED) is 0.445. The summed E-state index contributed by atoms with van der Waals surface area (Å²) >= 11 is 0. The molecule has 1 saturated heterocycles. The maximum atomic E-state index is 12.5. The Morgan fingerprint density at radius 2 is 1.60 bits per heavy atom. The minimum atomic E-state index is -1.60. The molecule has 1 aliphatic heterocycles. The smallest absolute Gasteiger partial charge is 0.365 e. The summed E-state index contributed by atoms with van der Waals surface area (Å²) in [6.45, 7) is 3.88. The van der Waals surface area contributed by atoms with Crippen molar-refractivity contribution >= 4 is 11.9 Å². The Balaban J connectivity index is 2.25. The molecule has 0 N–H and O–H groups in total. The van der Waals surface area contributed by atoms with Crippen molar-refractivity contribution in [1.82, 2.24) is 0 Å². The molecule has 2 rings (SSSR count). The molecule has 0 atom stereocenters. The lowest BCUT2D eigenvalue weighted by molar-refractivity contribution is -0.369. The number of hydrogen-bond acceptors (Lipinski definition) is 6. The summed E-state index contributed by atoms with van der Waals surface area (Å²) in [6, 6.07) is 0. The third-order valence-corrected chi connectivity index (χ3v) is 3.85. The van der Waals surface area contributed by atoms with Gasteiger partial charge in [0, 0.05) is 0 Å². The molecular weight excluding hydrogens is 264 g/mol. The standard InChI is InChI=1S/C14H22O6/c1-3-18-14(19-4-2)10-17-11(15)13(12(16)20-14)8-6-5-7-9-13/h3-10H2,1-2H3. The molecule has 2 fully saturated rings. The molecule has 0 radical (unpaired) electrons. The van der Waals surface area contributed by atoms with Gasteiger partial charge in [-0.1, -0.05) is 19.3 Å². The van der Waals surface area contributed by atoms with Crippen molar-refractivity contribution in [3.05, 3.63) is 0 Å². The van der Waals surface area contributed by atoms with Crippen molar-refractivity contribution < 1.29 is 28.5 Å². The molecule has 114 valence electrons. The van der Waals surface area contributed by atoms with E-state index in [4.69, 9.17) is 18.9 Å². The summed E-state index contributed by atoms with van der Waals surface area (Å²) in [5, 5.41) is 0. The fourth-order valence-corrected chi connectivity index (χ4v) is 2.83. The first-order valence-electron chi connectivity index (χ1n) is 7.27. The summed E-state index contributed by atoms with van der Waals surface area (Å²) in [7, 11) is 0. The molecular formula is C14H22O6. The molecule has 0 unspecified atom stereocenters. The van der Waals surface area contributed by atoms with Gasteiger partial charge in [0.15, 0.2) is 12.0 Å². The van der Waals surface area contributed by atoms with Gasteiger partial charge in [0.2, 0.25) is 0 Å². The van der Waals surface area contributed by atoms with Crippen molar-refractivity contribution in [2.45, 2.75) is 51.9 Å². The molecule has 1 spiro atoms. The highest BCUT2D eigenvalue weighted by Crippen LogP contribution is 2.42. The predicted molar refractivity (Wildman–Crippen MR) is 68.6 cm³/mol. The highest BCUT2D eigenvalue weighted by atomic mass is 16.9. The van der Waals surface area contributed by atoms with E-state index in [1.807, 2.05) is 0 Å². The number of hydrogen-bond donors (Lipinski definition) is 0. The van der Waals surface area contributed by atoms with Crippen LogP contribution in [-0.4, -0.2) is 37.7 Å². The van der Waals surface area contributed by atoms with Gasteiger partial charge in [-0.05, 0) is 26.7 Å². The first kappa shape index (κ1) is 15.3. The largest absolute Gasteiger partial charge is 0.455 e. The zero-order chi connectivity index (χ0) is 14.6. The predicted octanol–water partition coefficient (Wildman–Crippen LogP) is 1.76. The van der Waals surface area contributed by atoms with E-state index in [-0.39, 0.29) is 19.8 Å². The van der Waals surface area contributed by atoms with E-state index in [0.29, 0.717) is 12.8 Å². The van der Waals surface area contributed by atoms with Gasteiger partial charge in [-0.3, -0.25) is 9.59 Å². The van der Waals surface area contributed by atoms with Crippen LogP contribution in [0.25, 0.3) is 0 Å². The van der Waals surface area contributed by atoms with Gasteiger partial charge in [-0.2, -0.15) is 0 Å². The van der Waals surface area contributed by atoms with Gasteiger partial charge in [0.25, 0.3) is 0 Å². The van der Waals surface area contributed by atoms with Gasteiger partial charge in [0.1, 0.15) is 0 Å². The number of ether oxygens (including phenoxy) is 4. The van der Waals surface area contributed by atoms with Crippen LogP contribution in [0.3, 0.4) is 0 Å². The zero-order valence-corrected chi connectivity index (χ0v) is 12.1. The molecule has 20 heavy (non-hydrogen) atoms. The Hall–Kier alpha value is -1.14. The van der Waals surface area contributed by atoms with E-state index in [1.165, 1.54) is 0 Å². The van der Waals surface area contributed by atoms with E-state index in [2.05, 4.69) is 0 Å². The average Bonchev–Trinajstić information content (AvgIpc) is 2.53. The number of rotatable bonds is 4. The summed E-state index contributed by atoms with van der Waals surface area (Å²) < 4.78 is 21.5. The normalized spacial score (nSPS) is 24.9. The Bertz CT molecular complexity index is 366. The SMILES string of the molecule is CCOC1(OCC)COC(=O)C2(CCCCC2)C(=O)O1. The summed E-state index contributed by atoms with van der Waals surface area (Å²) in [4.78, 5) is 24.7. The summed E-state index contributed by atoms with van der Waals surface area (Å²) in [5.74, 6) is -2.69. The molecule has 6 nitrogen and oxygen atoms in total. The van der Waals surface area contributed by atoms with Crippen LogP contribution < -0.4 is 0 Å². The third-order valence-electron chi connectivity index (χ3n) is 3.85. The van der Waals surface area contributed by atoms with Gasteiger partial charge >= 0.3 is 17.9 Å². The third kappa shape index (κ3) is 2.67. The minimum absolute atomic E-state index is 0.221. The second-order valence-corrected chi connectivity index (χ2v) is 5.16. The second-order valence-electron chi connectivity index (χ2n) is 5.16. The van der Waals surface area contributed by atoms with Crippen molar-refractivity contribution in [2.75, 3.05) is 19.8 Å². The zero-order valence-electron chi connectivity index (χ0n) is 12.1. The Labute approximate surface area is 118 Å². The summed E-state index contributed by atoms with van der Waals surface area (Å²) in [5.41, 5.74) is -1.17. The molecule has 0 amide bonds. The van der Waals surface area contributed by atoms with E-state index in [1.54, 1.807) is 13.8 Å². The number of cyclic esters (lactones) is 2. The van der Waals surface area contributed by atoms with E-state index in [9.17, 15) is 9.59 Å². The van der Waals surface area contributed by atoms with Crippen LogP contribution in [0.4, 0.5) is 0 Å². The maximum absolute atomic E-state index is 12.5. The van der Waals surface area contributed by atoms with Crippen LogP contribution in [0.1, 0.15) is 46.0 Å². The van der Waals surface area contributed by atoms with Crippen LogP contribution in [0.5, 0.6) is 0 Å². The van der Waals surface area contributed by atoms with Gasteiger partial charge < -0.3 is 18.9 Å². The number of carbonyl (C=O) groups excluding carboxylic acids is 2. The van der Waals surface area contributed by atoms with E-state index >= 15 is 0 Å². The molecule has 1 aliphatic carbocycles. The van der Waals surface area contributed by atoms with Crippen LogP contribution in [-0.2, 0) is 28.5 Å². The van der Waals surface area contributed by atoms with Crippen LogP contribution in [0.15, 0.2) is 0 Å². The van der Waals surface area contributed by atoms with Crippen LogP contribution >= 0.6 is 0 Å². The van der Waals surface area contributed by atoms with E-state index in [0.717, 1.165) is 19.3 Å². The molecule has 1 heterocycles. The first-order valence-corrected chi connectivity index (χ1v) is 7.27. The molecule has 2 aliphatic rings. The highest BCUT2D eigenvalue weighted by Gasteiger charge is 2.56. The number of carbonyl (C=O) groups is 2. The lowest BCUT2D eigenvalue weighted by Crippen LogP contribution is -2.46. The van der Waals surface area contributed by atoms with Crippen LogP contribution in [0.2, 0.25) is 0 Å². The Kier molecular flexibility index (Phi) is 4.65. The van der Waals surface area contributed by atoms with Crippen molar-refractivity contribution in [3.63, 3.8) is 0 Å². The van der Waals surface area contributed by atoms with Gasteiger partial charge in [0.05, 0.1) is 13.2 Å². The monoisotopic (exact) mass is 286 g/mol. The summed E-state index contributed by atoms with van der Waals surface area (Å²) in [6.07, 6.45) is 3.60. The lowest BCUT2D eigenvalue weighted by Gasteiger charge is -2.32. The molecule has 0 aromatic heterocycles. The average molecular weight is 286 g/mol. The molecule has 0 aromatic carbocycles. The molecule has 1 saturated carbocycles. The number of esters is 2. The fraction of sp³-hybridized carbons (Fsp3) is 0.857.